The van der Waals surface area contributed by atoms with Gasteiger partial charge in [-0.1, -0.05) is 12.1 Å². The second-order valence-corrected chi connectivity index (χ2v) is 7.00. The molecular formula is C22H26N2O5. The zero-order chi connectivity index (χ0) is 20.6. The molecule has 2 aromatic carbocycles. The van der Waals surface area contributed by atoms with Gasteiger partial charge in [-0.2, -0.15) is 0 Å². The highest BCUT2D eigenvalue weighted by Crippen LogP contribution is 2.32. The Bertz CT molecular complexity index is 862. The molecule has 3 rings (SSSR count). The highest BCUT2D eigenvalue weighted by molar-refractivity contribution is 5.96. The zero-order valence-electron chi connectivity index (χ0n) is 16.7. The Labute approximate surface area is 170 Å². The van der Waals surface area contributed by atoms with Crippen LogP contribution in [0.1, 0.15) is 41.6 Å². The van der Waals surface area contributed by atoms with E-state index in [0.717, 1.165) is 18.4 Å². The number of amides is 2. The summed E-state index contributed by atoms with van der Waals surface area (Å²) in [4.78, 5) is 24.2. The largest absolute Gasteiger partial charge is 0.493 e. The third-order valence-corrected chi connectivity index (χ3v) is 4.70. The molecule has 2 aromatic rings. The second-order valence-electron chi connectivity index (χ2n) is 7.00. The number of rotatable bonds is 7. The minimum atomic E-state index is -0.465. The minimum Gasteiger partial charge on any atom is -0.493 e. The lowest BCUT2D eigenvalue weighted by molar-refractivity contribution is -0.123. The average Bonchev–Trinajstić information content (AvgIpc) is 3.24. The molecule has 1 fully saturated rings. The number of carbonyl (C=O) groups is 2. The Balaban J connectivity index is 1.51. The van der Waals surface area contributed by atoms with E-state index in [1.165, 1.54) is 20.0 Å². The molecular weight excluding hydrogens is 372 g/mol. The quantitative estimate of drug-likeness (QED) is 0.700. The van der Waals surface area contributed by atoms with Crippen LogP contribution in [-0.2, 0) is 4.79 Å². The summed E-state index contributed by atoms with van der Waals surface area (Å²) in [5.74, 6) is 0.770. The molecule has 0 atom stereocenters. The Morgan fingerprint density at radius 1 is 1.03 bits per heavy atom. The van der Waals surface area contributed by atoms with Crippen molar-refractivity contribution in [2.75, 3.05) is 13.7 Å². The van der Waals surface area contributed by atoms with E-state index >= 15 is 0 Å². The standard InChI is InChI=1S/C22H26N2O5/c1-15-6-5-9-18(12-15)28-14-21(25)23-24-22(26)16-10-11-19(20(13-16)27-2)29-17-7-3-4-8-17/h5-6,9-13,17H,3-4,7-8,14H2,1-2H3,(H,23,25)(H,24,26). The molecule has 2 N–H and O–H groups in total. The molecule has 0 spiro atoms. The van der Waals surface area contributed by atoms with Crippen LogP contribution in [0.4, 0.5) is 0 Å². The lowest BCUT2D eigenvalue weighted by atomic mass is 10.2. The van der Waals surface area contributed by atoms with E-state index in [9.17, 15) is 9.59 Å². The summed E-state index contributed by atoms with van der Waals surface area (Å²) in [7, 11) is 1.53. The van der Waals surface area contributed by atoms with Crippen molar-refractivity contribution < 1.29 is 23.8 Å². The van der Waals surface area contributed by atoms with Crippen molar-refractivity contribution in [1.82, 2.24) is 10.9 Å². The van der Waals surface area contributed by atoms with Crippen LogP contribution in [0.25, 0.3) is 0 Å². The molecule has 0 saturated heterocycles. The van der Waals surface area contributed by atoms with Crippen molar-refractivity contribution in [2.24, 2.45) is 0 Å². The normalized spacial score (nSPS) is 13.6. The molecule has 1 aliphatic rings. The van der Waals surface area contributed by atoms with Crippen molar-refractivity contribution in [1.29, 1.82) is 0 Å². The first-order chi connectivity index (χ1) is 14.0. The molecule has 0 heterocycles. The average molecular weight is 398 g/mol. The predicted molar refractivity (Wildman–Crippen MR) is 108 cm³/mol. The maximum Gasteiger partial charge on any atom is 0.276 e. The van der Waals surface area contributed by atoms with Crippen molar-refractivity contribution in [3.05, 3.63) is 53.6 Å². The molecule has 0 radical (unpaired) electrons. The van der Waals surface area contributed by atoms with Gasteiger partial charge in [-0.05, 0) is 68.5 Å². The maximum atomic E-state index is 12.3. The molecule has 29 heavy (non-hydrogen) atoms. The van der Waals surface area contributed by atoms with Gasteiger partial charge in [0, 0.05) is 5.56 Å². The number of hydrogen-bond donors (Lipinski definition) is 2. The number of aryl methyl sites for hydroxylation is 1. The van der Waals surface area contributed by atoms with Gasteiger partial charge in [0.05, 0.1) is 13.2 Å². The Kier molecular flexibility index (Phi) is 6.94. The van der Waals surface area contributed by atoms with Gasteiger partial charge in [-0.15, -0.1) is 0 Å². The molecule has 0 aromatic heterocycles. The van der Waals surface area contributed by atoms with E-state index in [1.807, 2.05) is 25.1 Å². The number of ether oxygens (including phenoxy) is 3. The van der Waals surface area contributed by atoms with Gasteiger partial charge in [0.15, 0.2) is 18.1 Å². The SMILES string of the molecule is COc1cc(C(=O)NNC(=O)COc2cccc(C)c2)ccc1OC1CCCC1. The van der Waals surface area contributed by atoms with Gasteiger partial charge in [0.25, 0.3) is 11.8 Å². The summed E-state index contributed by atoms with van der Waals surface area (Å²) >= 11 is 0. The van der Waals surface area contributed by atoms with Crippen molar-refractivity contribution in [2.45, 2.75) is 38.7 Å². The third kappa shape index (κ3) is 5.88. The topological polar surface area (TPSA) is 85.9 Å². The summed E-state index contributed by atoms with van der Waals surface area (Å²) in [6.45, 7) is 1.73. The highest BCUT2D eigenvalue weighted by atomic mass is 16.5. The molecule has 7 nitrogen and oxygen atoms in total. The van der Waals surface area contributed by atoms with Crippen LogP contribution < -0.4 is 25.1 Å². The van der Waals surface area contributed by atoms with Crippen LogP contribution in [0.15, 0.2) is 42.5 Å². The first kappa shape index (κ1) is 20.5. The van der Waals surface area contributed by atoms with Crippen LogP contribution in [-0.4, -0.2) is 31.6 Å². The van der Waals surface area contributed by atoms with Gasteiger partial charge in [0.2, 0.25) is 0 Å². The van der Waals surface area contributed by atoms with Crippen LogP contribution >= 0.6 is 0 Å². The fourth-order valence-electron chi connectivity index (χ4n) is 3.18. The van der Waals surface area contributed by atoms with Crippen molar-refractivity contribution >= 4 is 11.8 Å². The smallest absolute Gasteiger partial charge is 0.276 e. The van der Waals surface area contributed by atoms with Crippen LogP contribution in [0, 0.1) is 6.92 Å². The lowest BCUT2D eigenvalue weighted by Crippen LogP contribution is -2.43. The molecule has 0 aliphatic heterocycles. The third-order valence-electron chi connectivity index (χ3n) is 4.70. The molecule has 1 saturated carbocycles. The number of methoxy groups -OCH3 is 1. The van der Waals surface area contributed by atoms with Gasteiger partial charge >= 0.3 is 0 Å². The van der Waals surface area contributed by atoms with Gasteiger partial charge in [0.1, 0.15) is 5.75 Å². The molecule has 0 bridgehead atoms. The maximum absolute atomic E-state index is 12.3. The molecule has 0 unspecified atom stereocenters. The minimum absolute atomic E-state index is 0.191. The summed E-state index contributed by atoms with van der Waals surface area (Å²) in [5, 5.41) is 0. The van der Waals surface area contributed by atoms with E-state index in [0.29, 0.717) is 22.8 Å². The molecule has 1 aliphatic carbocycles. The second kappa shape index (κ2) is 9.82. The fourth-order valence-corrected chi connectivity index (χ4v) is 3.18. The summed E-state index contributed by atoms with van der Waals surface area (Å²) in [6, 6.07) is 12.3. The predicted octanol–water partition coefficient (Wildman–Crippen LogP) is 3.17. The van der Waals surface area contributed by atoms with E-state index in [4.69, 9.17) is 14.2 Å². The van der Waals surface area contributed by atoms with Gasteiger partial charge in [-0.25, -0.2) is 0 Å². The summed E-state index contributed by atoms with van der Waals surface area (Å²) < 4.78 is 16.7. The monoisotopic (exact) mass is 398 g/mol. The number of hydrazine groups is 1. The first-order valence-electron chi connectivity index (χ1n) is 9.68. The number of carbonyl (C=O) groups excluding carboxylic acids is 2. The van der Waals surface area contributed by atoms with Gasteiger partial charge < -0.3 is 14.2 Å². The Hall–Kier alpha value is -3.22. The van der Waals surface area contributed by atoms with E-state index in [2.05, 4.69) is 10.9 Å². The number of hydrogen-bond acceptors (Lipinski definition) is 5. The molecule has 7 heteroatoms. The summed E-state index contributed by atoms with van der Waals surface area (Å²) in [5.41, 5.74) is 6.10. The first-order valence-corrected chi connectivity index (χ1v) is 9.68. The Morgan fingerprint density at radius 3 is 2.55 bits per heavy atom. The van der Waals surface area contributed by atoms with Crippen LogP contribution in [0.5, 0.6) is 17.2 Å². The zero-order valence-corrected chi connectivity index (χ0v) is 16.7. The van der Waals surface area contributed by atoms with E-state index in [-0.39, 0.29) is 12.7 Å². The number of nitrogens with one attached hydrogen (secondary N) is 2. The van der Waals surface area contributed by atoms with Crippen LogP contribution in [0.3, 0.4) is 0 Å². The fraction of sp³-hybridized carbons (Fsp3) is 0.364. The van der Waals surface area contributed by atoms with E-state index in [1.54, 1.807) is 24.3 Å². The highest BCUT2D eigenvalue weighted by Gasteiger charge is 2.19. The van der Waals surface area contributed by atoms with Crippen molar-refractivity contribution in [3.8, 4) is 17.2 Å². The lowest BCUT2D eigenvalue weighted by Gasteiger charge is -2.16. The van der Waals surface area contributed by atoms with Crippen LogP contribution in [0.2, 0.25) is 0 Å². The van der Waals surface area contributed by atoms with Crippen molar-refractivity contribution in [3.63, 3.8) is 0 Å². The van der Waals surface area contributed by atoms with E-state index < -0.39 is 11.8 Å². The summed E-state index contributed by atoms with van der Waals surface area (Å²) in [6.07, 6.45) is 4.59. The number of benzene rings is 2. The molecule has 154 valence electrons. The Morgan fingerprint density at radius 2 is 1.83 bits per heavy atom. The van der Waals surface area contributed by atoms with Gasteiger partial charge in [-0.3, -0.25) is 20.4 Å². The molecule has 2 amide bonds.